The molecule has 29 heavy (non-hydrogen) atoms. The van der Waals surface area contributed by atoms with Crippen molar-refractivity contribution in [1.29, 1.82) is 0 Å². The number of esters is 1. The van der Waals surface area contributed by atoms with E-state index in [2.05, 4.69) is 12.2 Å². The second-order valence-electron chi connectivity index (χ2n) is 8.10. The minimum absolute atomic E-state index is 0.387. The van der Waals surface area contributed by atoms with Crippen LogP contribution in [0.5, 0.6) is 0 Å². The van der Waals surface area contributed by atoms with Crippen LogP contribution in [-0.2, 0) is 19.1 Å². The third-order valence-corrected chi connectivity index (χ3v) is 5.68. The summed E-state index contributed by atoms with van der Waals surface area (Å²) in [7, 11) is 3.13. The number of carbonyl (C=O) groups is 4. The maximum atomic E-state index is 12.9. The van der Waals surface area contributed by atoms with Crippen molar-refractivity contribution in [3.63, 3.8) is 0 Å². The Morgan fingerprint density at radius 3 is 2.41 bits per heavy atom. The number of nitrogens with one attached hydrogen (secondary N) is 1. The van der Waals surface area contributed by atoms with Gasteiger partial charge in [0.25, 0.3) is 11.8 Å². The molecule has 1 aromatic carbocycles. The van der Waals surface area contributed by atoms with Crippen LogP contribution >= 0.6 is 0 Å². The van der Waals surface area contributed by atoms with E-state index in [1.165, 1.54) is 4.90 Å². The average molecular weight is 401 g/mol. The van der Waals surface area contributed by atoms with Crippen LogP contribution in [0.1, 0.15) is 44.3 Å². The third-order valence-electron chi connectivity index (χ3n) is 5.68. The summed E-state index contributed by atoms with van der Waals surface area (Å²) >= 11 is 0. The van der Waals surface area contributed by atoms with Gasteiger partial charge in [0.05, 0.1) is 0 Å². The van der Waals surface area contributed by atoms with Gasteiger partial charge in [-0.15, -0.1) is 0 Å². The molecule has 8 nitrogen and oxygen atoms in total. The quantitative estimate of drug-likeness (QED) is 0.600. The first-order valence-corrected chi connectivity index (χ1v) is 9.83. The van der Waals surface area contributed by atoms with Gasteiger partial charge in [-0.3, -0.25) is 19.3 Å². The zero-order valence-electron chi connectivity index (χ0n) is 17.0. The molecule has 0 aromatic heterocycles. The van der Waals surface area contributed by atoms with E-state index in [1.807, 2.05) is 0 Å². The predicted octanol–water partition coefficient (Wildman–Crippen LogP) is 1.86. The fourth-order valence-electron chi connectivity index (χ4n) is 3.83. The van der Waals surface area contributed by atoms with Crippen molar-refractivity contribution in [2.75, 3.05) is 20.6 Å². The second-order valence-corrected chi connectivity index (χ2v) is 8.10. The van der Waals surface area contributed by atoms with Crippen LogP contribution in [0.4, 0.5) is 4.79 Å². The smallest absolute Gasteiger partial charge is 0.327 e. The van der Waals surface area contributed by atoms with E-state index in [1.54, 1.807) is 44.4 Å². The molecule has 1 aromatic rings. The number of carbonyl (C=O) groups excluding carboxylic acids is 4. The molecule has 0 radical (unpaired) electrons. The zero-order chi connectivity index (χ0) is 21.2. The summed E-state index contributed by atoms with van der Waals surface area (Å²) in [6.07, 6.45) is 1.69. The van der Waals surface area contributed by atoms with E-state index >= 15 is 0 Å². The number of rotatable bonds is 5. The Morgan fingerprint density at radius 2 is 1.83 bits per heavy atom. The molecule has 0 bridgehead atoms. The topological polar surface area (TPSA) is 96.0 Å². The number of nitrogens with zero attached hydrogens (tertiary/aromatic N) is 2. The van der Waals surface area contributed by atoms with Crippen molar-refractivity contribution >= 4 is 23.8 Å². The number of likely N-dealkylation sites (N-methyl/N-ethyl adjacent to an activating group) is 1. The van der Waals surface area contributed by atoms with Gasteiger partial charge in [0.15, 0.2) is 0 Å². The van der Waals surface area contributed by atoms with Crippen molar-refractivity contribution in [3.05, 3.63) is 35.9 Å². The molecule has 1 heterocycles. The van der Waals surface area contributed by atoms with Gasteiger partial charge in [-0.1, -0.05) is 37.3 Å². The zero-order valence-corrected chi connectivity index (χ0v) is 17.0. The molecule has 1 N–H and O–H groups in total. The van der Waals surface area contributed by atoms with Crippen LogP contribution in [0.3, 0.4) is 0 Å². The summed E-state index contributed by atoms with van der Waals surface area (Å²) in [5.41, 5.74) is -0.392. The van der Waals surface area contributed by atoms with Crippen LogP contribution in [0.15, 0.2) is 30.3 Å². The molecule has 1 spiro atoms. The Kier molecular flexibility index (Phi) is 5.91. The van der Waals surface area contributed by atoms with Gasteiger partial charge in [-0.25, -0.2) is 4.79 Å². The Hall–Kier alpha value is -2.90. The average Bonchev–Trinajstić information content (AvgIpc) is 2.93. The molecule has 2 aliphatic rings. The highest BCUT2D eigenvalue weighted by molar-refractivity contribution is 6.08. The molecule has 1 unspecified atom stereocenters. The molecule has 3 rings (SSSR count). The first-order chi connectivity index (χ1) is 13.7. The first-order valence-electron chi connectivity index (χ1n) is 9.83. The van der Waals surface area contributed by atoms with Crippen molar-refractivity contribution in [2.45, 2.75) is 44.2 Å². The molecule has 1 atom stereocenters. The highest BCUT2D eigenvalue weighted by atomic mass is 16.5. The van der Waals surface area contributed by atoms with Gasteiger partial charge in [-0.2, -0.15) is 0 Å². The molecule has 2 fully saturated rings. The van der Waals surface area contributed by atoms with E-state index in [4.69, 9.17) is 4.74 Å². The molecule has 4 amide bonds. The SMILES string of the molecule is CC1CCC2(CC1)NC(=O)N(CC(=O)OC(C(=O)N(C)C)c1ccccc1)C2=O. The second kappa shape index (κ2) is 8.23. The van der Waals surface area contributed by atoms with Crippen LogP contribution in [-0.4, -0.2) is 59.8 Å². The Balaban J connectivity index is 1.71. The fraction of sp³-hybridized carbons (Fsp3) is 0.524. The largest absolute Gasteiger partial charge is 0.446 e. The number of hydrogen-bond acceptors (Lipinski definition) is 5. The highest BCUT2D eigenvalue weighted by Crippen LogP contribution is 2.36. The summed E-state index contributed by atoms with van der Waals surface area (Å²) < 4.78 is 5.41. The van der Waals surface area contributed by atoms with Crippen molar-refractivity contribution in [1.82, 2.24) is 15.1 Å². The molecule has 8 heteroatoms. The van der Waals surface area contributed by atoms with Gasteiger partial charge in [0.1, 0.15) is 12.1 Å². The number of amides is 4. The van der Waals surface area contributed by atoms with Crippen molar-refractivity contribution < 1.29 is 23.9 Å². The van der Waals surface area contributed by atoms with Crippen molar-refractivity contribution in [3.8, 4) is 0 Å². The molecule has 156 valence electrons. The molecule has 1 saturated heterocycles. The summed E-state index contributed by atoms with van der Waals surface area (Å²) in [5, 5.41) is 2.78. The lowest BCUT2D eigenvalue weighted by Gasteiger charge is -2.33. The third kappa shape index (κ3) is 4.26. The maximum Gasteiger partial charge on any atom is 0.327 e. The molecular weight excluding hydrogens is 374 g/mol. The van der Waals surface area contributed by atoms with Crippen LogP contribution in [0, 0.1) is 5.92 Å². The highest BCUT2D eigenvalue weighted by Gasteiger charge is 2.52. The Morgan fingerprint density at radius 1 is 1.21 bits per heavy atom. The Labute approximate surface area is 170 Å². The summed E-state index contributed by atoms with van der Waals surface area (Å²) in [6, 6.07) is 8.06. The molecule has 1 aliphatic heterocycles. The van der Waals surface area contributed by atoms with Crippen molar-refractivity contribution in [2.24, 2.45) is 5.92 Å². The summed E-state index contributed by atoms with van der Waals surface area (Å²) in [5.74, 6) is -1.09. The first kappa shape index (κ1) is 20.8. The predicted molar refractivity (Wildman–Crippen MR) is 105 cm³/mol. The number of benzene rings is 1. The van der Waals surface area contributed by atoms with E-state index in [0.717, 1.165) is 17.7 Å². The van der Waals surface area contributed by atoms with Crippen LogP contribution in [0.2, 0.25) is 0 Å². The van der Waals surface area contributed by atoms with E-state index in [-0.39, 0.29) is 5.91 Å². The van der Waals surface area contributed by atoms with Gasteiger partial charge in [0.2, 0.25) is 6.10 Å². The van der Waals surface area contributed by atoms with Gasteiger partial charge in [0, 0.05) is 19.7 Å². The summed E-state index contributed by atoms with van der Waals surface area (Å²) in [4.78, 5) is 52.6. The number of urea groups is 1. The van der Waals surface area contributed by atoms with Crippen LogP contribution < -0.4 is 5.32 Å². The van der Waals surface area contributed by atoms with Gasteiger partial charge < -0.3 is 15.0 Å². The van der Waals surface area contributed by atoms with E-state index < -0.39 is 36.1 Å². The lowest BCUT2D eigenvalue weighted by Crippen LogP contribution is -2.49. The van der Waals surface area contributed by atoms with E-state index in [9.17, 15) is 19.2 Å². The van der Waals surface area contributed by atoms with Crippen LogP contribution in [0.25, 0.3) is 0 Å². The number of ether oxygens (including phenoxy) is 1. The van der Waals surface area contributed by atoms with Gasteiger partial charge in [-0.05, 0) is 31.6 Å². The number of hydrogen-bond donors (Lipinski definition) is 1. The lowest BCUT2D eigenvalue weighted by atomic mass is 9.77. The maximum absolute atomic E-state index is 12.9. The fourth-order valence-corrected chi connectivity index (χ4v) is 3.83. The normalized spacial score (nSPS) is 24.9. The lowest BCUT2D eigenvalue weighted by molar-refractivity contribution is -0.161. The molecule has 1 aliphatic carbocycles. The summed E-state index contributed by atoms with van der Waals surface area (Å²) in [6.45, 7) is 1.60. The minimum Gasteiger partial charge on any atom is -0.446 e. The molecular formula is C21H27N3O5. The minimum atomic E-state index is -1.14. The van der Waals surface area contributed by atoms with E-state index in [0.29, 0.717) is 24.3 Å². The number of imide groups is 1. The molecule has 1 saturated carbocycles. The Bertz CT molecular complexity index is 800. The monoisotopic (exact) mass is 401 g/mol. The standard InChI is InChI=1S/C21H27N3O5/c1-14-9-11-21(12-10-14)19(27)24(20(28)22-21)13-16(25)29-17(18(26)23(2)3)15-7-5-4-6-8-15/h4-8,14,17H,9-13H2,1-3H3,(H,22,28). The van der Waals surface area contributed by atoms with Gasteiger partial charge >= 0.3 is 12.0 Å².